The van der Waals surface area contributed by atoms with Crippen LogP contribution in [0.4, 0.5) is 0 Å². The molecule has 0 spiro atoms. The van der Waals surface area contributed by atoms with Crippen LogP contribution in [0.2, 0.25) is 0 Å². The Hall–Kier alpha value is -0.0800. The van der Waals surface area contributed by atoms with Crippen molar-refractivity contribution in [1.29, 1.82) is 0 Å². The van der Waals surface area contributed by atoms with Crippen LogP contribution >= 0.6 is 0 Å². The van der Waals surface area contributed by atoms with E-state index in [0.717, 1.165) is 31.8 Å². The molecule has 0 saturated heterocycles. The van der Waals surface area contributed by atoms with Crippen molar-refractivity contribution in [3.05, 3.63) is 0 Å². The van der Waals surface area contributed by atoms with Crippen LogP contribution < -0.4 is 5.32 Å². The van der Waals surface area contributed by atoms with Gasteiger partial charge in [-0.25, -0.2) is 0 Å². The Labute approximate surface area is 93.5 Å². The van der Waals surface area contributed by atoms with Crippen molar-refractivity contribution < 1.29 is 5.11 Å². The van der Waals surface area contributed by atoms with Crippen LogP contribution in [-0.2, 0) is 0 Å². The molecule has 2 atom stereocenters. The van der Waals surface area contributed by atoms with E-state index < -0.39 is 5.60 Å². The number of hydrogen-bond acceptors (Lipinski definition) is 2. The fraction of sp³-hybridized carbons (Fsp3) is 1.00. The molecule has 0 bridgehead atoms. The van der Waals surface area contributed by atoms with Gasteiger partial charge >= 0.3 is 0 Å². The van der Waals surface area contributed by atoms with Crippen molar-refractivity contribution in [2.75, 3.05) is 13.1 Å². The Morgan fingerprint density at radius 1 is 1.27 bits per heavy atom. The summed E-state index contributed by atoms with van der Waals surface area (Å²) in [7, 11) is 0. The average molecular weight is 211 g/mol. The van der Waals surface area contributed by atoms with Crippen molar-refractivity contribution in [2.24, 2.45) is 11.8 Å². The first-order valence-corrected chi connectivity index (χ1v) is 6.61. The molecule has 0 amide bonds. The molecule has 2 fully saturated rings. The van der Waals surface area contributed by atoms with Crippen LogP contribution in [0.5, 0.6) is 0 Å². The summed E-state index contributed by atoms with van der Waals surface area (Å²) in [6.07, 6.45) is 8.67. The summed E-state index contributed by atoms with van der Waals surface area (Å²) < 4.78 is 0. The second-order valence-corrected chi connectivity index (χ2v) is 5.85. The Morgan fingerprint density at radius 2 is 2.07 bits per heavy atom. The molecule has 0 radical (unpaired) electrons. The zero-order chi connectivity index (χ0) is 10.7. The lowest BCUT2D eigenvalue weighted by atomic mass is 9.78. The smallest absolute Gasteiger partial charge is 0.0774 e. The molecule has 0 aliphatic heterocycles. The van der Waals surface area contributed by atoms with E-state index in [1.165, 1.54) is 32.1 Å². The fourth-order valence-corrected chi connectivity index (χ4v) is 3.00. The first kappa shape index (κ1) is 11.4. The number of aliphatic hydroxyl groups is 1. The SMILES string of the molecule is CC1CCCC(O)(CNCC2CCC2)C1. The molecule has 2 saturated carbocycles. The van der Waals surface area contributed by atoms with Crippen LogP contribution in [0.15, 0.2) is 0 Å². The number of rotatable bonds is 4. The highest BCUT2D eigenvalue weighted by molar-refractivity contribution is 4.87. The molecule has 2 unspecified atom stereocenters. The molecular weight excluding hydrogens is 186 g/mol. The van der Waals surface area contributed by atoms with E-state index in [2.05, 4.69) is 12.2 Å². The molecular formula is C13H25NO. The normalized spacial score (nSPS) is 37.6. The highest BCUT2D eigenvalue weighted by atomic mass is 16.3. The Morgan fingerprint density at radius 3 is 2.67 bits per heavy atom. The molecule has 0 aromatic carbocycles. The molecule has 2 rings (SSSR count). The van der Waals surface area contributed by atoms with E-state index in [4.69, 9.17) is 0 Å². The minimum atomic E-state index is -0.401. The zero-order valence-electron chi connectivity index (χ0n) is 9.97. The van der Waals surface area contributed by atoms with Crippen molar-refractivity contribution >= 4 is 0 Å². The summed E-state index contributed by atoms with van der Waals surface area (Å²) in [6.45, 7) is 4.20. The molecule has 0 aromatic heterocycles. The zero-order valence-corrected chi connectivity index (χ0v) is 9.97. The molecule has 0 heterocycles. The molecule has 2 aliphatic rings. The third kappa shape index (κ3) is 3.18. The van der Waals surface area contributed by atoms with Gasteiger partial charge in [-0.15, -0.1) is 0 Å². The largest absolute Gasteiger partial charge is 0.389 e. The highest BCUT2D eigenvalue weighted by Crippen LogP contribution is 2.32. The van der Waals surface area contributed by atoms with Gasteiger partial charge in [0.1, 0.15) is 0 Å². The van der Waals surface area contributed by atoms with Crippen LogP contribution in [-0.4, -0.2) is 23.8 Å². The van der Waals surface area contributed by atoms with Crippen molar-refractivity contribution in [3.63, 3.8) is 0 Å². The lowest BCUT2D eigenvalue weighted by Gasteiger charge is -2.36. The third-order valence-electron chi connectivity index (χ3n) is 4.18. The molecule has 0 aromatic rings. The maximum absolute atomic E-state index is 10.4. The molecule has 88 valence electrons. The second kappa shape index (κ2) is 4.84. The van der Waals surface area contributed by atoms with Crippen LogP contribution in [0.3, 0.4) is 0 Å². The summed E-state index contributed by atoms with van der Waals surface area (Å²) in [5, 5.41) is 13.9. The maximum atomic E-state index is 10.4. The first-order chi connectivity index (χ1) is 7.18. The summed E-state index contributed by atoms with van der Waals surface area (Å²) in [5.74, 6) is 1.60. The molecule has 2 nitrogen and oxygen atoms in total. The van der Waals surface area contributed by atoms with E-state index >= 15 is 0 Å². The van der Waals surface area contributed by atoms with Gasteiger partial charge in [0, 0.05) is 6.54 Å². The van der Waals surface area contributed by atoms with Gasteiger partial charge in [-0.1, -0.05) is 26.2 Å². The minimum Gasteiger partial charge on any atom is -0.389 e. The van der Waals surface area contributed by atoms with Crippen molar-refractivity contribution in [2.45, 2.75) is 57.5 Å². The van der Waals surface area contributed by atoms with E-state index in [0.29, 0.717) is 5.92 Å². The Balaban J connectivity index is 1.67. The fourth-order valence-electron chi connectivity index (χ4n) is 3.00. The second-order valence-electron chi connectivity index (χ2n) is 5.85. The van der Waals surface area contributed by atoms with Crippen molar-refractivity contribution in [3.8, 4) is 0 Å². The van der Waals surface area contributed by atoms with E-state index in [1.54, 1.807) is 0 Å². The highest BCUT2D eigenvalue weighted by Gasteiger charge is 2.32. The summed E-state index contributed by atoms with van der Waals surface area (Å²) >= 11 is 0. The standard InChI is InChI=1S/C13H25NO/c1-11-4-3-7-13(15,8-11)10-14-9-12-5-2-6-12/h11-12,14-15H,2-10H2,1H3. The van der Waals surface area contributed by atoms with E-state index in [9.17, 15) is 5.11 Å². The van der Waals surface area contributed by atoms with Crippen LogP contribution in [0.1, 0.15) is 51.9 Å². The summed E-state index contributed by atoms with van der Waals surface area (Å²) in [6, 6.07) is 0. The topological polar surface area (TPSA) is 32.3 Å². The van der Waals surface area contributed by atoms with Gasteiger partial charge in [-0.05, 0) is 44.1 Å². The predicted molar refractivity (Wildman–Crippen MR) is 62.8 cm³/mol. The van der Waals surface area contributed by atoms with Gasteiger partial charge in [-0.3, -0.25) is 0 Å². The van der Waals surface area contributed by atoms with Gasteiger partial charge in [0.2, 0.25) is 0 Å². The monoisotopic (exact) mass is 211 g/mol. The molecule has 2 heteroatoms. The Kier molecular flexibility index (Phi) is 3.68. The molecule has 2 N–H and O–H groups in total. The van der Waals surface area contributed by atoms with Gasteiger partial charge in [0.05, 0.1) is 5.60 Å². The van der Waals surface area contributed by atoms with Gasteiger partial charge in [0.25, 0.3) is 0 Å². The molecule has 2 aliphatic carbocycles. The summed E-state index contributed by atoms with van der Waals surface area (Å²) in [4.78, 5) is 0. The van der Waals surface area contributed by atoms with Crippen LogP contribution in [0, 0.1) is 11.8 Å². The number of hydrogen-bond donors (Lipinski definition) is 2. The summed E-state index contributed by atoms with van der Waals surface area (Å²) in [5.41, 5.74) is -0.401. The third-order valence-corrected chi connectivity index (χ3v) is 4.18. The Bertz CT molecular complexity index is 203. The lowest BCUT2D eigenvalue weighted by molar-refractivity contribution is -0.0127. The number of nitrogens with one attached hydrogen (secondary N) is 1. The van der Waals surface area contributed by atoms with Gasteiger partial charge in [-0.2, -0.15) is 0 Å². The average Bonchev–Trinajstić information content (AvgIpc) is 2.09. The van der Waals surface area contributed by atoms with Gasteiger partial charge < -0.3 is 10.4 Å². The quantitative estimate of drug-likeness (QED) is 0.748. The van der Waals surface area contributed by atoms with Crippen molar-refractivity contribution in [1.82, 2.24) is 5.32 Å². The lowest BCUT2D eigenvalue weighted by Crippen LogP contribution is -2.45. The molecule has 15 heavy (non-hydrogen) atoms. The van der Waals surface area contributed by atoms with Crippen LogP contribution in [0.25, 0.3) is 0 Å². The maximum Gasteiger partial charge on any atom is 0.0774 e. The van der Waals surface area contributed by atoms with Gasteiger partial charge in [0.15, 0.2) is 0 Å². The minimum absolute atomic E-state index is 0.401. The van der Waals surface area contributed by atoms with E-state index in [1.807, 2.05) is 0 Å². The van der Waals surface area contributed by atoms with E-state index in [-0.39, 0.29) is 0 Å². The first-order valence-electron chi connectivity index (χ1n) is 6.61. The predicted octanol–water partition coefficient (Wildman–Crippen LogP) is 2.32.